The fourth-order valence-corrected chi connectivity index (χ4v) is 7.97. The normalized spacial score (nSPS) is 19.3. The molecule has 1 spiro atoms. The Hall–Kier alpha value is -2.23. The van der Waals surface area contributed by atoms with Crippen molar-refractivity contribution in [2.45, 2.75) is 48.8 Å². The first-order valence-electron chi connectivity index (χ1n) is 11.3. The maximum absolute atomic E-state index is 13.4. The first kappa shape index (κ1) is 23.9. The highest BCUT2D eigenvalue weighted by molar-refractivity contribution is 7.93. The smallest absolute Gasteiger partial charge is 0.244 e. The Morgan fingerprint density at radius 1 is 0.848 bits per heavy atom. The van der Waals surface area contributed by atoms with E-state index in [1.807, 2.05) is 17.0 Å². The summed E-state index contributed by atoms with van der Waals surface area (Å²) < 4.78 is 52.1. The molecule has 2 saturated heterocycles. The zero-order chi connectivity index (χ0) is 23.9. The highest BCUT2D eigenvalue weighted by Crippen LogP contribution is 2.44. The SMILES string of the molecule is CCCc1ccc(N2CCC3(CCN(S(=O)(=O)c4ccccc4S(C)(=O)=O)CC3)C2=O)cc1. The van der Waals surface area contributed by atoms with E-state index in [-0.39, 0.29) is 28.8 Å². The number of anilines is 1. The summed E-state index contributed by atoms with van der Waals surface area (Å²) in [6, 6.07) is 13.8. The molecule has 178 valence electrons. The average molecular weight is 491 g/mol. The van der Waals surface area contributed by atoms with Crippen molar-refractivity contribution in [1.82, 2.24) is 4.31 Å². The van der Waals surface area contributed by atoms with Crippen molar-refractivity contribution in [3.63, 3.8) is 0 Å². The van der Waals surface area contributed by atoms with E-state index in [9.17, 15) is 21.6 Å². The van der Waals surface area contributed by atoms with Gasteiger partial charge in [-0.1, -0.05) is 37.6 Å². The van der Waals surface area contributed by atoms with Crippen molar-refractivity contribution >= 4 is 31.5 Å². The number of nitrogens with zero attached hydrogens (tertiary/aromatic N) is 2. The van der Waals surface area contributed by atoms with Gasteiger partial charge in [0.2, 0.25) is 15.9 Å². The molecule has 4 rings (SSSR count). The number of sulfone groups is 1. The second kappa shape index (κ2) is 8.85. The predicted molar refractivity (Wildman–Crippen MR) is 127 cm³/mol. The van der Waals surface area contributed by atoms with Gasteiger partial charge < -0.3 is 4.90 Å². The molecule has 0 unspecified atom stereocenters. The molecule has 0 N–H and O–H groups in total. The van der Waals surface area contributed by atoms with Crippen molar-refractivity contribution < 1.29 is 21.6 Å². The van der Waals surface area contributed by atoms with E-state index in [4.69, 9.17) is 0 Å². The largest absolute Gasteiger partial charge is 0.312 e. The number of piperidine rings is 1. The van der Waals surface area contributed by atoms with Gasteiger partial charge in [-0.2, -0.15) is 4.31 Å². The summed E-state index contributed by atoms with van der Waals surface area (Å²) in [6.07, 6.45) is 4.63. The molecule has 0 aliphatic carbocycles. The lowest BCUT2D eigenvalue weighted by Gasteiger charge is -2.37. The molecular weight excluding hydrogens is 460 g/mol. The van der Waals surface area contributed by atoms with Gasteiger partial charge in [-0.15, -0.1) is 0 Å². The Bertz CT molecular complexity index is 1250. The topological polar surface area (TPSA) is 91.8 Å². The average Bonchev–Trinajstić information content (AvgIpc) is 3.10. The van der Waals surface area contributed by atoms with Crippen LogP contribution in [-0.2, 0) is 31.1 Å². The van der Waals surface area contributed by atoms with Gasteiger partial charge in [-0.3, -0.25) is 4.79 Å². The summed E-state index contributed by atoms with van der Waals surface area (Å²) in [7, 11) is -7.68. The van der Waals surface area contributed by atoms with Gasteiger partial charge >= 0.3 is 0 Å². The molecule has 0 aromatic heterocycles. The second-order valence-corrected chi connectivity index (χ2v) is 12.9. The second-order valence-electron chi connectivity index (χ2n) is 9.03. The van der Waals surface area contributed by atoms with Crippen LogP contribution in [0.1, 0.15) is 38.2 Å². The summed E-state index contributed by atoms with van der Waals surface area (Å²) in [5, 5.41) is 0. The zero-order valence-electron chi connectivity index (χ0n) is 19.0. The minimum absolute atomic E-state index is 0.0549. The Morgan fingerprint density at radius 2 is 1.42 bits per heavy atom. The van der Waals surface area contributed by atoms with Crippen LogP contribution in [0, 0.1) is 5.41 Å². The number of rotatable bonds is 6. The zero-order valence-corrected chi connectivity index (χ0v) is 20.7. The lowest BCUT2D eigenvalue weighted by molar-refractivity contribution is -0.127. The van der Waals surface area contributed by atoms with Crippen molar-refractivity contribution in [2.24, 2.45) is 5.41 Å². The van der Waals surface area contributed by atoms with Crippen molar-refractivity contribution in [1.29, 1.82) is 0 Å². The van der Waals surface area contributed by atoms with Gasteiger partial charge in [0.25, 0.3) is 0 Å². The third-order valence-electron chi connectivity index (χ3n) is 6.85. The number of aryl methyl sites for hydroxylation is 1. The van der Waals surface area contributed by atoms with E-state index in [1.54, 1.807) is 0 Å². The summed E-state index contributed by atoms with van der Waals surface area (Å²) in [6.45, 7) is 3.13. The van der Waals surface area contributed by atoms with Crippen LogP contribution in [0.4, 0.5) is 5.69 Å². The van der Waals surface area contributed by atoms with Gasteiger partial charge in [0.05, 0.1) is 10.3 Å². The van der Waals surface area contributed by atoms with Crippen molar-refractivity contribution in [2.75, 3.05) is 30.8 Å². The quantitative estimate of drug-likeness (QED) is 0.620. The molecule has 2 aromatic rings. The van der Waals surface area contributed by atoms with E-state index in [1.165, 1.54) is 34.1 Å². The van der Waals surface area contributed by atoms with Gasteiger partial charge in [-0.05, 0) is 55.5 Å². The molecule has 2 aliphatic rings. The summed E-state index contributed by atoms with van der Waals surface area (Å²) >= 11 is 0. The first-order valence-corrected chi connectivity index (χ1v) is 14.6. The van der Waals surface area contributed by atoms with Crippen LogP contribution in [0.3, 0.4) is 0 Å². The summed E-state index contributed by atoms with van der Waals surface area (Å²) in [4.78, 5) is 14.8. The van der Waals surface area contributed by atoms with E-state index in [0.29, 0.717) is 25.8 Å². The summed E-state index contributed by atoms with van der Waals surface area (Å²) in [5.41, 5.74) is 1.56. The molecule has 2 heterocycles. The molecule has 0 atom stereocenters. The van der Waals surface area contributed by atoms with Crippen LogP contribution < -0.4 is 4.90 Å². The Balaban J connectivity index is 1.50. The minimum atomic E-state index is -3.99. The Kier molecular flexibility index (Phi) is 6.41. The molecule has 2 fully saturated rings. The lowest BCUT2D eigenvalue weighted by Crippen LogP contribution is -2.46. The van der Waals surface area contributed by atoms with Gasteiger partial charge in [0.15, 0.2) is 9.84 Å². The van der Waals surface area contributed by atoms with Crippen LogP contribution >= 0.6 is 0 Å². The number of amides is 1. The minimum Gasteiger partial charge on any atom is -0.312 e. The lowest BCUT2D eigenvalue weighted by atomic mass is 9.77. The van der Waals surface area contributed by atoms with E-state index in [0.717, 1.165) is 24.8 Å². The molecule has 33 heavy (non-hydrogen) atoms. The highest BCUT2D eigenvalue weighted by Gasteiger charge is 2.50. The third kappa shape index (κ3) is 4.46. The molecule has 2 aromatic carbocycles. The van der Waals surface area contributed by atoms with Crippen LogP contribution in [0.2, 0.25) is 0 Å². The monoisotopic (exact) mass is 490 g/mol. The number of carbonyl (C=O) groups excluding carboxylic acids is 1. The standard InChI is InChI=1S/C24H30N2O5S2/c1-3-6-19-9-11-20(12-10-19)26-18-15-24(23(26)27)13-16-25(17-14-24)33(30,31)22-8-5-4-7-21(22)32(2,28)29/h4-5,7-12H,3,6,13-18H2,1-2H3. The van der Waals surface area contributed by atoms with Crippen LogP contribution in [0.25, 0.3) is 0 Å². The van der Waals surface area contributed by atoms with Crippen LogP contribution in [-0.4, -0.2) is 52.9 Å². The highest BCUT2D eigenvalue weighted by atomic mass is 32.2. The molecule has 0 radical (unpaired) electrons. The number of hydrogen-bond donors (Lipinski definition) is 0. The van der Waals surface area contributed by atoms with E-state index >= 15 is 0 Å². The van der Waals surface area contributed by atoms with E-state index < -0.39 is 25.3 Å². The maximum Gasteiger partial charge on any atom is 0.244 e. The third-order valence-corrected chi connectivity index (χ3v) is 10.1. The number of hydrogen-bond acceptors (Lipinski definition) is 5. The molecule has 0 saturated carbocycles. The number of benzene rings is 2. The van der Waals surface area contributed by atoms with Crippen molar-refractivity contribution in [3.05, 3.63) is 54.1 Å². The summed E-state index contributed by atoms with van der Waals surface area (Å²) in [5.74, 6) is 0.0549. The fraction of sp³-hybridized carbons (Fsp3) is 0.458. The molecule has 0 bridgehead atoms. The number of carbonyl (C=O) groups is 1. The fourth-order valence-electron chi connectivity index (χ4n) is 4.93. The van der Waals surface area contributed by atoms with Crippen LogP contribution in [0.15, 0.2) is 58.3 Å². The molecule has 9 heteroatoms. The Morgan fingerprint density at radius 3 is 2.00 bits per heavy atom. The van der Waals surface area contributed by atoms with Gasteiger partial charge in [-0.25, -0.2) is 16.8 Å². The first-order chi connectivity index (χ1) is 15.6. The molecule has 2 aliphatic heterocycles. The van der Waals surface area contributed by atoms with Gasteiger partial charge in [0, 0.05) is 31.6 Å². The molecule has 7 nitrogen and oxygen atoms in total. The maximum atomic E-state index is 13.4. The van der Waals surface area contributed by atoms with Crippen LogP contribution in [0.5, 0.6) is 0 Å². The molecule has 1 amide bonds. The number of sulfonamides is 1. The van der Waals surface area contributed by atoms with Crippen molar-refractivity contribution in [3.8, 4) is 0 Å². The molecular formula is C24H30N2O5S2. The predicted octanol–water partition coefficient (Wildman–Crippen LogP) is 3.25. The van der Waals surface area contributed by atoms with Gasteiger partial charge in [0.1, 0.15) is 4.90 Å². The van der Waals surface area contributed by atoms with E-state index in [2.05, 4.69) is 19.1 Å². The Labute approximate surface area is 196 Å².